The van der Waals surface area contributed by atoms with Crippen LogP contribution in [-0.2, 0) is 11.2 Å². The Kier molecular flexibility index (Phi) is 4.62. The number of pyridine rings is 1. The topological polar surface area (TPSA) is 53.8 Å². The van der Waals surface area contributed by atoms with E-state index in [2.05, 4.69) is 11.1 Å². The number of aryl methyl sites for hydroxylation is 2. The third-order valence-corrected chi connectivity index (χ3v) is 3.25. The maximum Gasteiger partial charge on any atom is 0.154 e. The number of ketones is 1. The molecule has 100 valence electrons. The zero-order chi connectivity index (χ0) is 14.4. The first-order chi connectivity index (χ1) is 9.70. The minimum Gasteiger partial charge on any atom is -0.298 e. The van der Waals surface area contributed by atoms with Crippen LogP contribution in [0.3, 0.4) is 0 Å². The number of nitriles is 1. The van der Waals surface area contributed by atoms with Gasteiger partial charge in [-0.25, -0.2) is 0 Å². The molecular weight excluding hydrogens is 248 g/mol. The van der Waals surface area contributed by atoms with Crippen LogP contribution >= 0.6 is 0 Å². The van der Waals surface area contributed by atoms with Gasteiger partial charge in [0.25, 0.3) is 0 Å². The number of Topliss-reactive ketones (excluding diaryl/α,β-unsaturated/α-hetero) is 1. The maximum atomic E-state index is 12.2. The third-order valence-electron chi connectivity index (χ3n) is 3.25. The monoisotopic (exact) mass is 264 g/mol. The predicted molar refractivity (Wildman–Crippen MR) is 77.1 cm³/mol. The Balaban J connectivity index is 2.00. The molecule has 0 bridgehead atoms. The number of rotatable bonds is 5. The lowest BCUT2D eigenvalue weighted by atomic mass is 9.93. The van der Waals surface area contributed by atoms with Crippen LogP contribution in [-0.4, -0.2) is 10.8 Å². The summed E-state index contributed by atoms with van der Waals surface area (Å²) in [4.78, 5) is 16.1. The third kappa shape index (κ3) is 3.52. The van der Waals surface area contributed by atoms with Gasteiger partial charge < -0.3 is 0 Å². The van der Waals surface area contributed by atoms with E-state index in [-0.39, 0.29) is 5.78 Å². The van der Waals surface area contributed by atoms with Crippen molar-refractivity contribution in [3.05, 3.63) is 65.5 Å². The van der Waals surface area contributed by atoms with Crippen molar-refractivity contribution < 1.29 is 4.79 Å². The summed E-state index contributed by atoms with van der Waals surface area (Å²) in [7, 11) is 0. The highest BCUT2D eigenvalue weighted by molar-refractivity contribution is 5.88. The number of hydrogen-bond acceptors (Lipinski definition) is 3. The molecule has 3 heteroatoms. The second-order valence-electron chi connectivity index (χ2n) is 4.80. The molecule has 1 atom stereocenters. The lowest BCUT2D eigenvalue weighted by Gasteiger charge is -2.08. The minimum atomic E-state index is -0.714. The highest BCUT2D eigenvalue weighted by atomic mass is 16.1. The zero-order valence-electron chi connectivity index (χ0n) is 11.4. The first-order valence-corrected chi connectivity index (χ1v) is 6.58. The van der Waals surface area contributed by atoms with Crippen molar-refractivity contribution in [3.63, 3.8) is 0 Å². The van der Waals surface area contributed by atoms with Crippen LogP contribution in [0.5, 0.6) is 0 Å². The van der Waals surface area contributed by atoms with E-state index in [9.17, 15) is 10.1 Å². The van der Waals surface area contributed by atoms with Gasteiger partial charge in [0, 0.05) is 18.8 Å². The number of aromatic nitrogens is 1. The van der Waals surface area contributed by atoms with E-state index in [1.54, 1.807) is 24.5 Å². The molecule has 1 aromatic heterocycles. The van der Waals surface area contributed by atoms with E-state index in [1.807, 2.05) is 31.2 Å². The fraction of sp³-hybridized carbons (Fsp3) is 0.235. The second kappa shape index (κ2) is 6.63. The van der Waals surface area contributed by atoms with Gasteiger partial charge in [0.05, 0.1) is 6.07 Å². The molecule has 2 rings (SSSR count). The Morgan fingerprint density at radius 2 is 2.05 bits per heavy atom. The highest BCUT2D eigenvalue weighted by Gasteiger charge is 2.19. The fourth-order valence-electron chi connectivity index (χ4n) is 2.05. The molecule has 0 saturated heterocycles. The Morgan fingerprint density at radius 3 is 2.65 bits per heavy atom. The largest absolute Gasteiger partial charge is 0.298 e. The van der Waals surface area contributed by atoms with Crippen molar-refractivity contribution in [1.82, 2.24) is 4.98 Å². The lowest BCUT2D eigenvalue weighted by Crippen LogP contribution is -2.12. The lowest BCUT2D eigenvalue weighted by molar-refractivity contribution is -0.119. The van der Waals surface area contributed by atoms with Gasteiger partial charge in [0.2, 0.25) is 0 Å². The molecule has 0 aliphatic rings. The minimum absolute atomic E-state index is 0.0546. The first-order valence-electron chi connectivity index (χ1n) is 6.58. The summed E-state index contributed by atoms with van der Waals surface area (Å²) in [5, 5.41) is 9.18. The smallest absolute Gasteiger partial charge is 0.154 e. The Morgan fingerprint density at radius 1 is 1.30 bits per heavy atom. The average Bonchev–Trinajstić information content (AvgIpc) is 2.48. The maximum absolute atomic E-state index is 12.2. The van der Waals surface area contributed by atoms with Crippen molar-refractivity contribution in [3.8, 4) is 6.07 Å². The molecule has 20 heavy (non-hydrogen) atoms. The Labute approximate surface area is 118 Å². The van der Waals surface area contributed by atoms with Crippen LogP contribution in [0.4, 0.5) is 0 Å². The molecular formula is C17H16N2O. The average molecular weight is 264 g/mol. The zero-order valence-corrected chi connectivity index (χ0v) is 11.4. The van der Waals surface area contributed by atoms with Gasteiger partial charge in [-0.1, -0.05) is 35.9 Å². The summed E-state index contributed by atoms with van der Waals surface area (Å²) in [5.74, 6) is -0.768. The van der Waals surface area contributed by atoms with E-state index < -0.39 is 5.92 Å². The molecule has 0 spiro atoms. The van der Waals surface area contributed by atoms with E-state index in [0.717, 1.165) is 5.56 Å². The summed E-state index contributed by atoms with van der Waals surface area (Å²) < 4.78 is 0. The Hall–Kier alpha value is -2.47. The van der Waals surface area contributed by atoms with E-state index in [1.165, 1.54) is 5.56 Å². The van der Waals surface area contributed by atoms with Gasteiger partial charge in [0.1, 0.15) is 5.92 Å². The predicted octanol–water partition coefficient (Wildman–Crippen LogP) is 3.20. The van der Waals surface area contributed by atoms with Crippen LogP contribution in [0.15, 0.2) is 48.8 Å². The van der Waals surface area contributed by atoms with Gasteiger partial charge in [-0.15, -0.1) is 0 Å². The number of hydrogen-bond donors (Lipinski definition) is 0. The van der Waals surface area contributed by atoms with Crippen molar-refractivity contribution >= 4 is 5.78 Å². The van der Waals surface area contributed by atoms with Gasteiger partial charge in [-0.2, -0.15) is 5.26 Å². The number of nitrogens with zero attached hydrogens (tertiary/aromatic N) is 2. The highest BCUT2D eigenvalue weighted by Crippen LogP contribution is 2.17. The number of carbonyl (C=O) groups excluding carboxylic acids is 1. The van der Waals surface area contributed by atoms with Crippen LogP contribution in [0.1, 0.15) is 29.0 Å². The molecule has 1 unspecified atom stereocenters. The van der Waals surface area contributed by atoms with Crippen molar-refractivity contribution in [2.75, 3.05) is 0 Å². The molecule has 0 saturated carbocycles. The van der Waals surface area contributed by atoms with Crippen molar-refractivity contribution in [2.45, 2.75) is 25.7 Å². The van der Waals surface area contributed by atoms with Crippen LogP contribution in [0, 0.1) is 18.3 Å². The van der Waals surface area contributed by atoms with Crippen LogP contribution in [0.2, 0.25) is 0 Å². The molecule has 0 fully saturated rings. The van der Waals surface area contributed by atoms with Crippen molar-refractivity contribution in [1.29, 1.82) is 5.26 Å². The number of carbonyl (C=O) groups is 1. The molecule has 0 amide bonds. The number of benzene rings is 1. The molecule has 0 aliphatic heterocycles. The molecule has 0 N–H and O–H groups in total. The fourth-order valence-corrected chi connectivity index (χ4v) is 2.05. The summed E-state index contributed by atoms with van der Waals surface area (Å²) in [6, 6.07) is 13.7. The van der Waals surface area contributed by atoms with Gasteiger partial charge in [0.15, 0.2) is 5.78 Å². The Bertz CT molecular complexity index is 612. The summed E-state index contributed by atoms with van der Waals surface area (Å²) in [6.45, 7) is 2.03. The standard InChI is InChI=1S/C17H16N2O/c1-13-4-6-14(7-5-13)8-9-17(20)16(11-18)15-3-2-10-19-12-15/h2-7,10,12,16H,8-9H2,1H3. The summed E-state index contributed by atoms with van der Waals surface area (Å²) in [6.07, 6.45) is 4.25. The van der Waals surface area contributed by atoms with Crippen molar-refractivity contribution in [2.24, 2.45) is 0 Å². The normalized spacial score (nSPS) is 11.6. The molecule has 2 aromatic rings. The first kappa shape index (κ1) is 14.0. The van der Waals surface area contributed by atoms with Gasteiger partial charge >= 0.3 is 0 Å². The summed E-state index contributed by atoms with van der Waals surface area (Å²) in [5.41, 5.74) is 2.99. The van der Waals surface area contributed by atoms with Gasteiger partial charge in [-0.05, 0) is 30.5 Å². The van der Waals surface area contributed by atoms with Crippen LogP contribution in [0.25, 0.3) is 0 Å². The molecule has 0 aliphatic carbocycles. The molecule has 1 heterocycles. The SMILES string of the molecule is Cc1ccc(CCC(=O)C(C#N)c2cccnc2)cc1. The quantitative estimate of drug-likeness (QED) is 0.833. The van der Waals surface area contributed by atoms with E-state index in [0.29, 0.717) is 18.4 Å². The van der Waals surface area contributed by atoms with Crippen LogP contribution < -0.4 is 0 Å². The van der Waals surface area contributed by atoms with E-state index >= 15 is 0 Å². The summed E-state index contributed by atoms with van der Waals surface area (Å²) >= 11 is 0. The molecule has 1 aromatic carbocycles. The molecule has 0 radical (unpaired) electrons. The van der Waals surface area contributed by atoms with E-state index in [4.69, 9.17) is 0 Å². The van der Waals surface area contributed by atoms with Gasteiger partial charge in [-0.3, -0.25) is 9.78 Å². The second-order valence-corrected chi connectivity index (χ2v) is 4.80. The molecule has 3 nitrogen and oxygen atoms in total.